The third-order valence-corrected chi connectivity index (χ3v) is 7.09. The van der Waals surface area contributed by atoms with Gasteiger partial charge in [0.15, 0.2) is 0 Å². The van der Waals surface area contributed by atoms with E-state index < -0.39 is 0 Å². The zero-order valence-corrected chi connectivity index (χ0v) is 22.3. The standard InChI is InChI=1S/C28H40N6O3/c1-4-5-18-37-26(35)19-10-12-21(13-11-19)30-28(36)31-22-16-14-20(15-17-22)29-27-32-24-9-7-6-8-23(24)25(33-27)34(2)3/h10-13,20,22H,4-9,14-18H2,1-3H3,(H,29,32,33)(H2,30,31,36). The molecule has 0 spiro atoms. The number of nitrogens with zero attached hydrogens (tertiary/aromatic N) is 3. The average molecular weight is 509 g/mol. The minimum atomic E-state index is -0.339. The molecule has 200 valence electrons. The molecule has 0 bridgehead atoms. The van der Waals surface area contributed by atoms with Crippen molar-refractivity contribution in [2.24, 2.45) is 0 Å². The minimum absolute atomic E-state index is 0.118. The molecule has 0 unspecified atom stereocenters. The molecular weight excluding hydrogens is 468 g/mol. The number of nitrogens with one attached hydrogen (secondary N) is 3. The number of benzene rings is 1. The van der Waals surface area contributed by atoms with Gasteiger partial charge in [-0.15, -0.1) is 0 Å². The Morgan fingerprint density at radius 1 is 1.00 bits per heavy atom. The molecule has 2 aliphatic rings. The largest absolute Gasteiger partial charge is 0.462 e. The van der Waals surface area contributed by atoms with Crippen LogP contribution in [0.1, 0.15) is 79.9 Å². The number of aromatic nitrogens is 2. The number of carbonyl (C=O) groups is 2. The summed E-state index contributed by atoms with van der Waals surface area (Å²) in [6.45, 7) is 2.47. The summed E-state index contributed by atoms with van der Waals surface area (Å²) >= 11 is 0. The van der Waals surface area contributed by atoms with Crippen LogP contribution in [0.5, 0.6) is 0 Å². The summed E-state index contributed by atoms with van der Waals surface area (Å²) < 4.78 is 5.22. The number of hydrogen-bond donors (Lipinski definition) is 3. The number of anilines is 3. The van der Waals surface area contributed by atoms with Crippen molar-refractivity contribution < 1.29 is 14.3 Å². The lowest BCUT2D eigenvalue weighted by Gasteiger charge is -2.30. The molecule has 0 saturated heterocycles. The van der Waals surface area contributed by atoms with Crippen molar-refractivity contribution in [1.29, 1.82) is 0 Å². The molecule has 0 aliphatic heterocycles. The number of hydrogen-bond acceptors (Lipinski definition) is 7. The predicted molar refractivity (Wildman–Crippen MR) is 146 cm³/mol. The highest BCUT2D eigenvalue weighted by atomic mass is 16.5. The van der Waals surface area contributed by atoms with Crippen molar-refractivity contribution in [3.8, 4) is 0 Å². The monoisotopic (exact) mass is 508 g/mol. The van der Waals surface area contributed by atoms with Crippen LogP contribution in [-0.4, -0.2) is 54.8 Å². The summed E-state index contributed by atoms with van der Waals surface area (Å²) in [6.07, 6.45) is 9.95. The van der Waals surface area contributed by atoms with Crippen molar-refractivity contribution in [3.63, 3.8) is 0 Å². The molecule has 1 fully saturated rings. The maximum atomic E-state index is 12.5. The van der Waals surface area contributed by atoms with E-state index in [1.54, 1.807) is 24.3 Å². The molecule has 1 aromatic heterocycles. The SMILES string of the molecule is CCCCOC(=O)c1ccc(NC(=O)NC2CCC(Nc3nc4c(c(N(C)C)n3)CCCC4)CC2)cc1. The molecule has 1 aromatic carbocycles. The van der Waals surface area contributed by atoms with Gasteiger partial charge in [0.1, 0.15) is 5.82 Å². The molecule has 0 radical (unpaired) electrons. The van der Waals surface area contributed by atoms with Crippen LogP contribution in [0.3, 0.4) is 0 Å². The fourth-order valence-corrected chi connectivity index (χ4v) is 5.01. The number of carbonyl (C=O) groups excluding carboxylic acids is 2. The zero-order valence-electron chi connectivity index (χ0n) is 22.3. The Balaban J connectivity index is 1.23. The van der Waals surface area contributed by atoms with Crippen molar-refractivity contribution in [3.05, 3.63) is 41.1 Å². The first-order valence-electron chi connectivity index (χ1n) is 13.6. The summed E-state index contributed by atoms with van der Waals surface area (Å²) in [7, 11) is 4.08. The summed E-state index contributed by atoms with van der Waals surface area (Å²) in [6, 6.07) is 6.96. The molecule has 37 heavy (non-hydrogen) atoms. The average Bonchev–Trinajstić information content (AvgIpc) is 2.89. The predicted octanol–water partition coefficient (Wildman–Crippen LogP) is 4.92. The first-order chi connectivity index (χ1) is 17.9. The Hall–Kier alpha value is -3.36. The number of fused-ring (bicyclic) bond motifs is 1. The van der Waals surface area contributed by atoms with E-state index in [2.05, 4.69) is 20.9 Å². The first-order valence-corrected chi connectivity index (χ1v) is 13.6. The van der Waals surface area contributed by atoms with E-state index in [9.17, 15) is 9.59 Å². The number of aryl methyl sites for hydroxylation is 1. The summed E-state index contributed by atoms with van der Waals surface area (Å²) in [5, 5.41) is 9.50. The van der Waals surface area contributed by atoms with Gasteiger partial charge in [-0.25, -0.2) is 14.6 Å². The molecular formula is C28H40N6O3. The van der Waals surface area contributed by atoms with Gasteiger partial charge in [0.25, 0.3) is 0 Å². The fourth-order valence-electron chi connectivity index (χ4n) is 5.01. The van der Waals surface area contributed by atoms with Crippen LogP contribution < -0.4 is 20.9 Å². The van der Waals surface area contributed by atoms with E-state index in [0.717, 1.165) is 63.1 Å². The highest BCUT2D eigenvalue weighted by Crippen LogP contribution is 2.29. The minimum Gasteiger partial charge on any atom is -0.462 e. The summed E-state index contributed by atoms with van der Waals surface area (Å²) in [5.41, 5.74) is 3.59. The van der Waals surface area contributed by atoms with Crippen molar-refractivity contribution in [1.82, 2.24) is 15.3 Å². The molecule has 2 aromatic rings. The lowest BCUT2D eigenvalue weighted by atomic mass is 9.91. The normalized spacial score (nSPS) is 18.9. The Morgan fingerprint density at radius 3 is 2.41 bits per heavy atom. The smallest absolute Gasteiger partial charge is 0.338 e. The van der Waals surface area contributed by atoms with E-state index in [0.29, 0.717) is 23.9 Å². The molecule has 9 nitrogen and oxygen atoms in total. The molecule has 1 saturated carbocycles. The highest BCUT2D eigenvalue weighted by Gasteiger charge is 2.25. The summed E-state index contributed by atoms with van der Waals surface area (Å²) in [5.74, 6) is 1.41. The highest BCUT2D eigenvalue weighted by molar-refractivity contribution is 5.92. The van der Waals surface area contributed by atoms with Crippen LogP contribution in [-0.2, 0) is 17.6 Å². The number of amides is 2. The summed E-state index contributed by atoms with van der Waals surface area (Å²) in [4.78, 5) is 36.3. The second kappa shape index (κ2) is 12.7. The van der Waals surface area contributed by atoms with E-state index in [4.69, 9.17) is 14.7 Å². The molecule has 2 aliphatic carbocycles. The third kappa shape index (κ3) is 7.33. The van der Waals surface area contributed by atoms with Gasteiger partial charge in [-0.3, -0.25) is 0 Å². The second-order valence-corrected chi connectivity index (χ2v) is 10.3. The Kier molecular flexibility index (Phi) is 9.19. The molecule has 4 rings (SSSR count). The Bertz CT molecular complexity index is 1060. The van der Waals surface area contributed by atoms with Gasteiger partial charge in [-0.05, 0) is 82.1 Å². The van der Waals surface area contributed by atoms with Gasteiger partial charge >= 0.3 is 12.0 Å². The topological polar surface area (TPSA) is 108 Å². The van der Waals surface area contributed by atoms with Gasteiger partial charge in [-0.2, -0.15) is 4.98 Å². The van der Waals surface area contributed by atoms with Crippen LogP contribution in [0.4, 0.5) is 22.2 Å². The molecule has 3 N–H and O–H groups in total. The molecule has 9 heteroatoms. The van der Waals surface area contributed by atoms with E-state index in [1.165, 1.54) is 24.1 Å². The number of rotatable bonds is 9. The second-order valence-electron chi connectivity index (χ2n) is 10.3. The van der Waals surface area contributed by atoms with Crippen LogP contribution in [0, 0.1) is 0 Å². The van der Waals surface area contributed by atoms with E-state index in [-0.39, 0.29) is 18.0 Å². The number of unbranched alkanes of at least 4 members (excludes halogenated alkanes) is 1. The lowest BCUT2D eigenvalue weighted by molar-refractivity contribution is 0.0499. The van der Waals surface area contributed by atoms with Gasteiger partial charge in [0.2, 0.25) is 5.95 Å². The van der Waals surface area contributed by atoms with E-state index >= 15 is 0 Å². The molecule has 2 amide bonds. The van der Waals surface area contributed by atoms with Gasteiger partial charge in [0, 0.05) is 37.4 Å². The maximum absolute atomic E-state index is 12.5. The van der Waals surface area contributed by atoms with Gasteiger partial charge in [0.05, 0.1) is 17.9 Å². The van der Waals surface area contributed by atoms with Gasteiger partial charge in [-0.1, -0.05) is 13.3 Å². The van der Waals surface area contributed by atoms with Crippen LogP contribution in [0.25, 0.3) is 0 Å². The quantitative estimate of drug-likeness (QED) is 0.326. The number of esters is 1. The van der Waals surface area contributed by atoms with Crippen LogP contribution in [0.15, 0.2) is 24.3 Å². The fraction of sp³-hybridized carbons (Fsp3) is 0.571. The van der Waals surface area contributed by atoms with Gasteiger partial charge < -0.3 is 25.6 Å². The Labute approximate surface area is 219 Å². The number of ether oxygens (including phenoxy) is 1. The van der Waals surface area contributed by atoms with Crippen molar-refractivity contribution in [2.45, 2.75) is 83.2 Å². The van der Waals surface area contributed by atoms with Crippen molar-refractivity contribution >= 4 is 29.5 Å². The van der Waals surface area contributed by atoms with Crippen LogP contribution in [0.2, 0.25) is 0 Å². The maximum Gasteiger partial charge on any atom is 0.338 e. The Morgan fingerprint density at radius 2 is 1.70 bits per heavy atom. The van der Waals surface area contributed by atoms with E-state index in [1.807, 2.05) is 21.0 Å². The zero-order chi connectivity index (χ0) is 26.2. The van der Waals surface area contributed by atoms with Crippen molar-refractivity contribution in [2.75, 3.05) is 36.2 Å². The van der Waals surface area contributed by atoms with Crippen LogP contribution >= 0.6 is 0 Å². The lowest BCUT2D eigenvalue weighted by Crippen LogP contribution is -2.42. The third-order valence-electron chi connectivity index (χ3n) is 7.09. The molecule has 1 heterocycles. The molecule has 0 atom stereocenters. The first kappa shape index (κ1) is 26.7. The number of urea groups is 1.